The first-order valence-corrected chi connectivity index (χ1v) is 10.2. The summed E-state index contributed by atoms with van der Waals surface area (Å²) in [6, 6.07) is 6.32. The van der Waals surface area contributed by atoms with Crippen molar-refractivity contribution in [1.82, 2.24) is 15.8 Å². The molecule has 1 unspecified atom stereocenters. The Morgan fingerprint density at radius 1 is 1.28 bits per heavy atom. The number of benzene rings is 1. The first-order chi connectivity index (χ1) is 14.1. The Kier molecular flexibility index (Phi) is 7.52. The lowest BCUT2D eigenvalue weighted by atomic mass is 10.1. The van der Waals surface area contributed by atoms with Crippen LogP contribution in [0.5, 0.6) is 5.75 Å². The van der Waals surface area contributed by atoms with Crippen molar-refractivity contribution in [3.05, 3.63) is 46.3 Å². The van der Waals surface area contributed by atoms with Gasteiger partial charge in [0, 0.05) is 43.8 Å². The molecule has 0 amide bonds. The minimum atomic E-state index is 0.482. The van der Waals surface area contributed by atoms with Gasteiger partial charge in [-0.3, -0.25) is 4.99 Å². The molecule has 0 aliphatic carbocycles. The highest BCUT2D eigenvalue weighted by Crippen LogP contribution is 2.22. The molecular formula is C22H32N4O3. The quantitative estimate of drug-likeness (QED) is 0.524. The Morgan fingerprint density at radius 3 is 2.83 bits per heavy atom. The third-order valence-corrected chi connectivity index (χ3v) is 5.24. The van der Waals surface area contributed by atoms with E-state index >= 15 is 0 Å². The standard InChI is InChI=1S/C22H32N4O3/c1-15-5-6-19(21(11-15)28-14-18-8-10-27-13-18)12-25-22(23-4)24-9-7-20-16(2)26-29-17(20)3/h5-6,11,18H,7-10,12-14H2,1-4H3,(H2,23,24,25). The van der Waals surface area contributed by atoms with Gasteiger partial charge in [0.15, 0.2) is 5.96 Å². The maximum absolute atomic E-state index is 6.13. The lowest BCUT2D eigenvalue weighted by Gasteiger charge is -2.17. The largest absolute Gasteiger partial charge is 0.493 e. The van der Waals surface area contributed by atoms with Crippen LogP contribution in [0.15, 0.2) is 27.7 Å². The second-order valence-electron chi connectivity index (χ2n) is 7.56. The summed E-state index contributed by atoms with van der Waals surface area (Å²) in [6.07, 6.45) is 1.91. The van der Waals surface area contributed by atoms with Crippen LogP contribution in [0.4, 0.5) is 0 Å². The molecular weight excluding hydrogens is 368 g/mol. The molecule has 158 valence electrons. The summed E-state index contributed by atoms with van der Waals surface area (Å²) in [7, 11) is 1.78. The molecule has 7 heteroatoms. The van der Waals surface area contributed by atoms with Crippen LogP contribution in [0, 0.1) is 26.7 Å². The van der Waals surface area contributed by atoms with Gasteiger partial charge in [-0.25, -0.2) is 0 Å². The summed E-state index contributed by atoms with van der Waals surface area (Å²) in [5.74, 6) is 3.04. The molecule has 2 N–H and O–H groups in total. The molecule has 0 spiro atoms. The predicted octanol–water partition coefficient (Wildman–Crippen LogP) is 2.92. The van der Waals surface area contributed by atoms with Crippen LogP contribution in [0.25, 0.3) is 0 Å². The average Bonchev–Trinajstić information content (AvgIpc) is 3.34. The number of nitrogens with zero attached hydrogens (tertiary/aromatic N) is 2. The molecule has 1 saturated heterocycles. The molecule has 2 heterocycles. The Hall–Kier alpha value is -2.54. The van der Waals surface area contributed by atoms with Gasteiger partial charge in [-0.05, 0) is 45.2 Å². The van der Waals surface area contributed by atoms with Gasteiger partial charge in [0.05, 0.1) is 18.9 Å². The third-order valence-electron chi connectivity index (χ3n) is 5.24. The molecule has 1 aromatic heterocycles. The van der Waals surface area contributed by atoms with Crippen molar-refractivity contribution in [3.8, 4) is 5.75 Å². The summed E-state index contributed by atoms with van der Waals surface area (Å²) < 4.78 is 16.8. The van der Waals surface area contributed by atoms with Gasteiger partial charge >= 0.3 is 0 Å². The zero-order valence-corrected chi connectivity index (χ0v) is 17.9. The van der Waals surface area contributed by atoms with Gasteiger partial charge in [0.1, 0.15) is 11.5 Å². The lowest BCUT2D eigenvalue weighted by Crippen LogP contribution is -2.38. The molecule has 1 aliphatic rings. The number of ether oxygens (including phenoxy) is 2. The predicted molar refractivity (Wildman–Crippen MR) is 113 cm³/mol. The van der Waals surface area contributed by atoms with E-state index in [9.17, 15) is 0 Å². The van der Waals surface area contributed by atoms with Crippen molar-refractivity contribution in [2.75, 3.05) is 33.4 Å². The van der Waals surface area contributed by atoms with Gasteiger partial charge in [0.25, 0.3) is 0 Å². The highest BCUT2D eigenvalue weighted by Gasteiger charge is 2.17. The number of rotatable bonds is 8. The molecule has 3 rings (SSSR count). The van der Waals surface area contributed by atoms with E-state index < -0.39 is 0 Å². The topological polar surface area (TPSA) is 80.9 Å². The average molecular weight is 401 g/mol. The highest BCUT2D eigenvalue weighted by atomic mass is 16.5. The third kappa shape index (κ3) is 5.97. The maximum atomic E-state index is 6.13. The number of aryl methyl sites for hydroxylation is 3. The van der Waals surface area contributed by atoms with E-state index in [1.165, 1.54) is 5.56 Å². The number of aromatic nitrogens is 1. The zero-order chi connectivity index (χ0) is 20.6. The van der Waals surface area contributed by atoms with Crippen molar-refractivity contribution < 1.29 is 14.0 Å². The number of hydrogen-bond acceptors (Lipinski definition) is 5. The minimum Gasteiger partial charge on any atom is -0.493 e. The van der Waals surface area contributed by atoms with Crippen LogP contribution in [0.3, 0.4) is 0 Å². The van der Waals surface area contributed by atoms with Gasteiger partial charge in [-0.15, -0.1) is 0 Å². The summed E-state index contributed by atoms with van der Waals surface area (Å²) >= 11 is 0. The SMILES string of the molecule is CN=C(NCCc1c(C)noc1C)NCc1ccc(C)cc1OCC1CCOC1. The van der Waals surface area contributed by atoms with Gasteiger partial charge < -0.3 is 24.6 Å². The normalized spacial score (nSPS) is 16.8. The zero-order valence-electron chi connectivity index (χ0n) is 17.9. The fourth-order valence-corrected chi connectivity index (χ4v) is 3.43. The van der Waals surface area contributed by atoms with Gasteiger partial charge in [0.2, 0.25) is 0 Å². The Balaban J connectivity index is 1.51. The monoisotopic (exact) mass is 400 g/mol. The second-order valence-corrected chi connectivity index (χ2v) is 7.56. The highest BCUT2D eigenvalue weighted by molar-refractivity contribution is 5.79. The molecule has 1 aliphatic heterocycles. The Bertz CT molecular complexity index is 806. The fourth-order valence-electron chi connectivity index (χ4n) is 3.43. The van der Waals surface area contributed by atoms with E-state index in [0.717, 1.165) is 66.9 Å². The number of guanidine groups is 1. The van der Waals surface area contributed by atoms with Crippen LogP contribution >= 0.6 is 0 Å². The molecule has 0 bridgehead atoms. The fraction of sp³-hybridized carbons (Fsp3) is 0.545. The number of aliphatic imine (C=N–C) groups is 1. The summed E-state index contributed by atoms with van der Waals surface area (Å²) in [5, 5.41) is 10.7. The second kappa shape index (κ2) is 10.3. The summed E-state index contributed by atoms with van der Waals surface area (Å²) in [6.45, 7) is 9.71. The molecule has 1 fully saturated rings. The van der Waals surface area contributed by atoms with Crippen molar-refractivity contribution in [2.45, 2.75) is 40.2 Å². The van der Waals surface area contributed by atoms with E-state index in [0.29, 0.717) is 19.1 Å². The molecule has 0 saturated carbocycles. The lowest BCUT2D eigenvalue weighted by molar-refractivity contribution is 0.166. The van der Waals surface area contributed by atoms with Crippen LogP contribution in [-0.4, -0.2) is 44.5 Å². The van der Waals surface area contributed by atoms with E-state index in [2.05, 4.69) is 45.9 Å². The molecule has 1 atom stereocenters. The van der Waals surface area contributed by atoms with Crippen LogP contribution in [0.1, 0.15) is 34.6 Å². The van der Waals surface area contributed by atoms with Gasteiger partial charge in [-0.2, -0.15) is 0 Å². The Morgan fingerprint density at radius 2 is 2.14 bits per heavy atom. The van der Waals surface area contributed by atoms with Crippen molar-refractivity contribution >= 4 is 5.96 Å². The van der Waals surface area contributed by atoms with E-state index in [1.807, 2.05) is 13.8 Å². The maximum Gasteiger partial charge on any atom is 0.191 e. The van der Waals surface area contributed by atoms with Crippen molar-refractivity contribution in [3.63, 3.8) is 0 Å². The van der Waals surface area contributed by atoms with Gasteiger partial charge in [-0.1, -0.05) is 17.3 Å². The molecule has 2 aromatic rings. The minimum absolute atomic E-state index is 0.482. The molecule has 0 radical (unpaired) electrons. The molecule has 29 heavy (non-hydrogen) atoms. The first-order valence-electron chi connectivity index (χ1n) is 10.2. The summed E-state index contributed by atoms with van der Waals surface area (Å²) in [4.78, 5) is 4.32. The van der Waals surface area contributed by atoms with Crippen molar-refractivity contribution in [2.24, 2.45) is 10.9 Å². The summed E-state index contributed by atoms with van der Waals surface area (Å²) in [5.41, 5.74) is 4.40. The van der Waals surface area contributed by atoms with Crippen molar-refractivity contribution in [1.29, 1.82) is 0 Å². The van der Waals surface area contributed by atoms with Crippen LogP contribution in [-0.2, 0) is 17.7 Å². The Labute approximate surface area is 172 Å². The van der Waals surface area contributed by atoms with E-state index in [1.54, 1.807) is 7.05 Å². The van der Waals surface area contributed by atoms with E-state index in [4.69, 9.17) is 14.0 Å². The van der Waals surface area contributed by atoms with Crippen LogP contribution < -0.4 is 15.4 Å². The first kappa shape index (κ1) is 21.2. The van der Waals surface area contributed by atoms with Crippen LogP contribution in [0.2, 0.25) is 0 Å². The molecule has 1 aromatic carbocycles. The molecule has 7 nitrogen and oxygen atoms in total. The number of hydrogen-bond donors (Lipinski definition) is 2. The van der Waals surface area contributed by atoms with E-state index in [-0.39, 0.29) is 0 Å². The number of nitrogens with one attached hydrogen (secondary N) is 2. The smallest absolute Gasteiger partial charge is 0.191 e.